The zero-order chi connectivity index (χ0) is 14.3. The average Bonchev–Trinajstić information content (AvgIpc) is 2.80. The molecule has 1 unspecified atom stereocenters. The number of nitrogens with two attached hydrogens (primary N) is 1. The van der Waals surface area contributed by atoms with E-state index in [1.54, 1.807) is 0 Å². The molecule has 21 heavy (non-hydrogen) atoms. The second-order valence-corrected chi connectivity index (χ2v) is 5.74. The largest absolute Gasteiger partial charge is 0.377 e. The van der Waals surface area contributed by atoms with Crippen molar-refractivity contribution in [3.8, 4) is 0 Å². The number of ether oxygens (including phenoxy) is 1. The number of carbonyl (C=O) groups excluding carboxylic acids is 1. The molecule has 0 aromatic carbocycles. The van der Waals surface area contributed by atoms with Crippen LogP contribution in [-0.4, -0.2) is 56.2 Å². The van der Waals surface area contributed by atoms with Gasteiger partial charge in [-0.2, -0.15) is 0 Å². The van der Waals surface area contributed by atoms with Crippen molar-refractivity contribution in [2.75, 3.05) is 33.8 Å². The number of rotatable bonds is 8. The van der Waals surface area contributed by atoms with E-state index in [0.717, 1.165) is 38.6 Å². The van der Waals surface area contributed by atoms with Crippen LogP contribution in [0.15, 0.2) is 0 Å². The van der Waals surface area contributed by atoms with Gasteiger partial charge in [0.15, 0.2) is 0 Å². The van der Waals surface area contributed by atoms with Crippen LogP contribution >= 0.6 is 24.8 Å². The Kier molecular flexibility index (Phi) is 12.7. The van der Waals surface area contributed by atoms with Crippen molar-refractivity contribution in [1.82, 2.24) is 10.2 Å². The number of amides is 1. The highest BCUT2D eigenvalue weighted by molar-refractivity contribution is 5.86. The molecule has 0 aliphatic heterocycles. The van der Waals surface area contributed by atoms with Crippen molar-refractivity contribution in [3.05, 3.63) is 0 Å². The summed E-state index contributed by atoms with van der Waals surface area (Å²) in [6.07, 6.45) is 4.70. The highest BCUT2D eigenvalue weighted by Gasteiger charge is 2.36. The van der Waals surface area contributed by atoms with Gasteiger partial charge in [0.2, 0.25) is 5.91 Å². The minimum atomic E-state index is -0.641. The van der Waals surface area contributed by atoms with E-state index in [-0.39, 0.29) is 36.8 Å². The lowest BCUT2D eigenvalue weighted by Crippen LogP contribution is -2.53. The standard InChI is InChI=1S/C14H29N3O2.2ClH/c1-4-19-12(7-10-17(2)3)11-16-13(18)14(15)8-5-6-9-14;;/h12H,4-11,15H2,1-3H3,(H,16,18);2*1H. The van der Waals surface area contributed by atoms with Gasteiger partial charge in [-0.15, -0.1) is 24.8 Å². The Bertz CT molecular complexity index is 285. The van der Waals surface area contributed by atoms with Gasteiger partial charge in [-0.05, 0) is 40.3 Å². The summed E-state index contributed by atoms with van der Waals surface area (Å²) < 4.78 is 5.66. The molecule has 1 fully saturated rings. The van der Waals surface area contributed by atoms with Gasteiger partial charge in [-0.1, -0.05) is 12.8 Å². The van der Waals surface area contributed by atoms with Gasteiger partial charge in [-0.25, -0.2) is 0 Å². The molecule has 128 valence electrons. The third-order valence-corrected chi connectivity index (χ3v) is 3.74. The molecule has 0 spiro atoms. The fourth-order valence-electron chi connectivity index (χ4n) is 2.50. The summed E-state index contributed by atoms with van der Waals surface area (Å²) in [5.74, 6) is -0.0143. The highest BCUT2D eigenvalue weighted by Crippen LogP contribution is 2.27. The second kappa shape index (κ2) is 11.5. The Morgan fingerprint density at radius 1 is 1.33 bits per heavy atom. The van der Waals surface area contributed by atoms with E-state index in [4.69, 9.17) is 10.5 Å². The molecule has 1 atom stereocenters. The summed E-state index contributed by atoms with van der Waals surface area (Å²) in [5, 5.41) is 2.97. The number of halogens is 2. The molecular weight excluding hydrogens is 313 g/mol. The Labute approximate surface area is 141 Å². The van der Waals surface area contributed by atoms with Gasteiger partial charge in [0.25, 0.3) is 0 Å². The number of hydrogen-bond acceptors (Lipinski definition) is 4. The lowest BCUT2D eigenvalue weighted by molar-refractivity contribution is -0.126. The van der Waals surface area contributed by atoms with Crippen molar-refractivity contribution in [3.63, 3.8) is 0 Å². The van der Waals surface area contributed by atoms with E-state index < -0.39 is 5.54 Å². The van der Waals surface area contributed by atoms with E-state index in [0.29, 0.717) is 13.2 Å². The minimum absolute atomic E-state index is 0. The highest BCUT2D eigenvalue weighted by atomic mass is 35.5. The van der Waals surface area contributed by atoms with E-state index in [9.17, 15) is 4.79 Å². The molecule has 1 aliphatic carbocycles. The Morgan fingerprint density at radius 2 is 1.90 bits per heavy atom. The van der Waals surface area contributed by atoms with Crippen LogP contribution in [0.5, 0.6) is 0 Å². The van der Waals surface area contributed by atoms with Gasteiger partial charge in [0, 0.05) is 19.7 Å². The van der Waals surface area contributed by atoms with Crippen molar-refractivity contribution < 1.29 is 9.53 Å². The van der Waals surface area contributed by atoms with E-state index in [1.807, 2.05) is 21.0 Å². The number of nitrogens with zero attached hydrogens (tertiary/aromatic N) is 1. The SMILES string of the molecule is CCOC(CCN(C)C)CNC(=O)C1(N)CCCC1.Cl.Cl. The van der Waals surface area contributed by atoms with Crippen LogP contribution < -0.4 is 11.1 Å². The molecule has 1 aliphatic rings. The van der Waals surface area contributed by atoms with Crippen LogP contribution in [-0.2, 0) is 9.53 Å². The molecule has 1 amide bonds. The smallest absolute Gasteiger partial charge is 0.240 e. The monoisotopic (exact) mass is 343 g/mol. The van der Waals surface area contributed by atoms with Crippen LogP contribution in [0.3, 0.4) is 0 Å². The summed E-state index contributed by atoms with van der Waals surface area (Å²) >= 11 is 0. The summed E-state index contributed by atoms with van der Waals surface area (Å²) in [6, 6.07) is 0. The van der Waals surface area contributed by atoms with Crippen LogP contribution in [0.25, 0.3) is 0 Å². The molecule has 0 saturated heterocycles. The molecule has 1 saturated carbocycles. The Hall–Kier alpha value is -0.0700. The molecule has 7 heteroatoms. The maximum atomic E-state index is 12.1. The van der Waals surface area contributed by atoms with E-state index in [2.05, 4.69) is 10.2 Å². The first kappa shape index (κ1) is 23.2. The predicted molar refractivity (Wildman–Crippen MR) is 91.5 cm³/mol. The minimum Gasteiger partial charge on any atom is -0.377 e. The predicted octanol–water partition coefficient (Wildman–Crippen LogP) is 1.57. The van der Waals surface area contributed by atoms with Crippen molar-refractivity contribution in [2.24, 2.45) is 5.73 Å². The van der Waals surface area contributed by atoms with Crippen LogP contribution in [0, 0.1) is 0 Å². The number of hydrogen-bond donors (Lipinski definition) is 2. The van der Waals surface area contributed by atoms with Crippen LogP contribution in [0.1, 0.15) is 39.0 Å². The summed E-state index contributed by atoms with van der Waals surface area (Å²) in [4.78, 5) is 14.2. The topological polar surface area (TPSA) is 67.6 Å². The number of nitrogens with one attached hydrogen (secondary N) is 1. The van der Waals surface area contributed by atoms with Gasteiger partial charge in [-0.3, -0.25) is 4.79 Å². The van der Waals surface area contributed by atoms with Crippen molar-refractivity contribution in [1.29, 1.82) is 0 Å². The normalized spacial score (nSPS) is 17.8. The second-order valence-electron chi connectivity index (χ2n) is 5.74. The molecule has 0 aromatic rings. The molecular formula is C14H31Cl2N3O2. The van der Waals surface area contributed by atoms with Gasteiger partial charge >= 0.3 is 0 Å². The Morgan fingerprint density at radius 3 is 2.38 bits per heavy atom. The van der Waals surface area contributed by atoms with Crippen LogP contribution in [0.4, 0.5) is 0 Å². The zero-order valence-electron chi connectivity index (χ0n) is 13.4. The fourth-order valence-corrected chi connectivity index (χ4v) is 2.50. The quantitative estimate of drug-likeness (QED) is 0.702. The number of carbonyl (C=O) groups is 1. The van der Waals surface area contributed by atoms with Crippen molar-refractivity contribution in [2.45, 2.75) is 50.7 Å². The first-order valence-corrected chi connectivity index (χ1v) is 7.31. The van der Waals surface area contributed by atoms with E-state index >= 15 is 0 Å². The van der Waals surface area contributed by atoms with E-state index in [1.165, 1.54) is 0 Å². The summed E-state index contributed by atoms with van der Waals surface area (Å²) in [5.41, 5.74) is 5.48. The maximum absolute atomic E-state index is 12.1. The first-order valence-electron chi connectivity index (χ1n) is 7.31. The van der Waals surface area contributed by atoms with Crippen molar-refractivity contribution >= 4 is 30.7 Å². The average molecular weight is 344 g/mol. The molecule has 0 aromatic heterocycles. The maximum Gasteiger partial charge on any atom is 0.240 e. The van der Waals surface area contributed by atoms with Gasteiger partial charge < -0.3 is 20.7 Å². The molecule has 5 nitrogen and oxygen atoms in total. The molecule has 0 bridgehead atoms. The first-order chi connectivity index (χ1) is 8.98. The van der Waals surface area contributed by atoms with Gasteiger partial charge in [0.05, 0.1) is 11.6 Å². The lowest BCUT2D eigenvalue weighted by atomic mass is 9.98. The fraction of sp³-hybridized carbons (Fsp3) is 0.929. The molecule has 3 N–H and O–H groups in total. The molecule has 0 radical (unpaired) electrons. The lowest BCUT2D eigenvalue weighted by Gasteiger charge is -2.25. The third-order valence-electron chi connectivity index (χ3n) is 3.74. The summed E-state index contributed by atoms with van der Waals surface area (Å²) in [6.45, 7) is 4.15. The molecule has 1 rings (SSSR count). The third kappa shape index (κ3) is 8.21. The molecule has 0 heterocycles. The van der Waals surface area contributed by atoms with Gasteiger partial charge in [0.1, 0.15) is 0 Å². The Balaban J connectivity index is 0. The van der Waals surface area contributed by atoms with Crippen LogP contribution in [0.2, 0.25) is 0 Å². The zero-order valence-corrected chi connectivity index (χ0v) is 15.0. The summed E-state index contributed by atoms with van der Waals surface area (Å²) in [7, 11) is 4.07.